The lowest BCUT2D eigenvalue weighted by Crippen LogP contribution is -2.43. The average molecular weight is 368 g/mol. The number of hydrogen-bond donors (Lipinski definition) is 1. The largest absolute Gasteiger partial charge is 0.493 e. The van der Waals surface area contributed by atoms with Crippen molar-refractivity contribution in [2.45, 2.75) is 38.3 Å². The molecule has 4 rings (SSSR count). The van der Waals surface area contributed by atoms with E-state index in [2.05, 4.69) is 16.5 Å². The Morgan fingerprint density at radius 3 is 3.07 bits per heavy atom. The number of carbonyl (C=O) groups excluding carboxylic acids is 2. The molecule has 0 spiro atoms. The highest BCUT2D eigenvalue weighted by Crippen LogP contribution is 2.27. The molecule has 7 nitrogen and oxygen atoms in total. The number of carbonyl (C=O) groups is 2. The van der Waals surface area contributed by atoms with Crippen molar-refractivity contribution in [3.05, 3.63) is 47.3 Å². The van der Waals surface area contributed by atoms with E-state index >= 15 is 0 Å². The summed E-state index contributed by atoms with van der Waals surface area (Å²) in [5, 5.41) is 6.99. The number of aromatic nitrogens is 2. The summed E-state index contributed by atoms with van der Waals surface area (Å²) in [5.41, 5.74) is 3.15. The molecule has 1 aromatic heterocycles. The van der Waals surface area contributed by atoms with Gasteiger partial charge in [-0.15, -0.1) is 0 Å². The normalized spacial score (nSPS) is 18.3. The zero-order chi connectivity index (χ0) is 18.8. The van der Waals surface area contributed by atoms with Crippen molar-refractivity contribution >= 4 is 11.8 Å². The van der Waals surface area contributed by atoms with Crippen LogP contribution in [-0.4, -0.2) is 46.7 Å². The van der Waals surface area contributed by atoms with Gasteiger partial charge in [-0.2, -0.15) is 5.10 Å². The Morgan fingerprint density at radius 1 is 1.33 bits per heavy atom. The minimum absolute atomic E-state index is 0.0505. The Labute approximate surface area is 158 Å². The van der Waals surface area contributed by atoms with Crippen LogP contribution < -0.4 is 10.1 Å². The molecule has 3 heterocycles. The third kappa shape index (κ3) is 3.67. The van der Waals surface area contributed by atoms with Gasteiger partial charge in [0.15, 0.2) is 0 Å². The molecule has 2 aromatic rings. The van der Waals surface area contributed by atoms with E-state index in [0.29, 0.717) is 25.9 Å². The molecule has 0 radical (unpaired) electrons. The Hall–Kier alpha value is -2.83. The summed E-state index contributed by atoms with van der Waals surface area (Å²) >= 11 is 0. The number of nitrogens with zero attached hydrogens (tertiary/aromatic N) is 3. The van der Waals surface area contributed by atoms with Crippen LogP contribution in [0.3, 0.4) is 0 Å². The molecule has 0 saturated heterocycles. The Morgan fingerprint density at radius 2 is 2.22 bits per heavy atom. The molecule has 2 amide bonds. The number of rotatable bonds is 4. The molecule has 7 heteroatoms. The van der Waals surface area contributed by atoms with Crippen LogP contribution in [0.25, 0.3) is 0 Å². The second-order valence-corrected chi connectivity index (χ2v) is 7.14. The molecule has 2 aliphatic rings. The lowest BCUT2D eigenvalue weighted by atomic mass is 10.0. The highest BCUT2D eigenvalue weighted by molar-refractivity contribution is 5.79. The van der Waals surface area contributed by atoms with Crippen LogP contribution in [0.5, 0.6) is 5.75 Å². The number of aryl methyl sites for hydroxylation is 1. The van der Waals surface area contributed by atoms with Crippen molar-refractivity contribution in [1.82, 2.24) is 20.0 Å². The number of hydrogen-bond acceptors (Lipinski definition) is 4. The van der Waals surface area contributed by atoms with Crippen molar-refractivity contribution in [2.75, 3.05) is 20.2 Å². The highest BCUT2D eigenvalue weighted by atomic mass is 16.5. The van der Waals surface area contributed by atoms with Gasteiger partial charge in [-0.3, -0.25) is 14.3 Å². The van der Waals surface area contributed by atoms with Gasteiger partial charge in [0.1, 0.15) is 5.75 Å². The zero-order valence-electron chi connectivity index (χ0n) is 15.5. The highest BCUT2D eigenvalue weighted by Gasteiger charge is 2.29. The third-order valence-corrected chi connectivity index (χ3v) is 5.26. The molecule has 1 atom stereocenters. The number of ether oxygens (including phenoxy) is 1. The summed E-state index contributed by atoms with van der Waals surface area (Å²) in [6.45, 7) is 1.78. The Balaban J connectivity index is 1.48. The molecule has 0 fully saturated rings. The second kappa shape index (κ2) is 7.42. The van der Waals surface area contributed by atoms with E-state index in [1.54, 1.807) is 13.2 Å². The first-order valence-corrected chi connectivity index (χ1v) is 9.39. The quantitative estimate of drug-likeness (QED) is 0.887. The molecule has 0 saturated carbocycles. The fourth-order valence-electron chi connectivity index (χ4n) is 3.85. The Kier molecular flexibility index (Phi) is 4.83. The maximum atomic E-state index is 12.9. The summed E-state index contributed by atoms with van der Waals surface area (Å²) in [4.78, 5) is 26.6. The summed E-state index contributed by atoms with van der Waals surface area (Å²) in [6.07, 6.45) is 4.40. The van der Waals surface area contributed by atoms with Crippen LogP contribution in [0.4, 0.5) is 0 Å². The topological polar surface area (TPSA) is 76.5 Å². The summed E-state index contributed by atoms with van der Waals surface area (Å²) in [7, 11) is 1.62. The van der Waals surface area contributed by atoms with Gasteiger partial charge in [0.25, 0.3) is 0 Å². The standard InChI is InChI=1S/C20H24N4O3/c1-21-19(25)11-17-13-23(12-16-6-7-22-24(16)17)20(26)10-14-4-5-18-15(9-14)3-2-8-27-18/h4-7,9,17H,2-3,8,10-13H2,1H3,(H,21,25)/t17-/m1/s1. The molecule has 27 heavy (non-hydrogen) atoms. The van der Waals surface area contributed by atoms with Crippen LogP contribution in [0, 0.1) is 0 Å². The minimum atomic E-state index is -0.135. The van der Waals surface area contributed by atoms with Crippen molar-refractivity contribution in [3.63, 3.8) is 0 Å². The van der Waals surface area contributed by atoms with Gasteiger partial charge < -0.3 is 15.0 Å². The van der Waals surface area contributed by atoms with Crippen molar-refractivity contribution in [2.24, 2.45) is 0 Å². The van der Waals surface area contributed by atoms with E-state index < -0.39 is 0 Å². The van der Waals surface area contributed by atoms with Gasteiger partial charge in [-0.25, -0.2) is 0 Å². The van der Waals surface area contributed by atoms with E-state index in [-0.39, 0.29) is 17.9 Å². The van der Waals surface area contributed by atoms with Crippen LogP contribution >= 0.6 is 0 Å². The van der Waals surface area contributed by atoms with E-state index in [4.69, 9.17) is 4.74 Å². The van der Waals surface area contributed by atoms with Gasteiger partial charge in [-0.05, 0) is 36.1 Å². The van der Waals surface area contributed by atoms with Gasteiger partial charge in [-0.1, -0.05) is 12.1 Å². The van der Waals surface area contributed by atoms with E-state index in [0.717, 1.165) is 36.5 Å². The van der Waals surface area contributed by atoms with Gasteiger partial charge in [0.2, 0.25) is 11.8 Å². The van der Waals surface area contributed by atoms with Crippen LogP contribution in [0.15, 0.2) is 30.5 Å². The van der Waals surface area contributed by atoms with Crippen LogP contribution in [0.1, 0.15) is 35.7 Å². The zero-order valence-corrected chi connectivity index (χ0v) is 15.5. The molecule has 0 unspecified atom stereocenters. The van der Waals surface area contributed by atoms with E-state index in [1.165, 1.54) is 5.56 Å². The maximum absolute atomic E-state index is 12.9. The van der Waals surface area contributed by atoms with Crippen LogP contribution in [-0.2, 0) is 29.0 Å². The second-order valence-electron chi connectivity index (χ2n) is 7.14. The fourth-order valence-corrected chi connectivity index (χ4v) is 3.85. The predicted molar refractivity (Wildman–Crippen MR) is 99.3 cm³/mol. The van der Waals surface area contributed by atoms with E-state index in [1.807, 2.05) is 27.8 Å². The average Bonchev–Trinajstić information content (AvgIpc) is 3.16. The molecule has 0 aliphatic carbocycles. The lowest BCUT2D eigenvalue weighted by molar-refractivity contribution is -0.133. The first-order chi connectivity index (χ1) is 13.1. The summed E-state index contributed by atoms with van der Waals surface area (Å²) < 4.78 is 7.52. The summed E-state index contributed by atoms with van der Waals surface area (Å²) in [6, 6.07) is 7.80. The molecule has 1 N–H and O–H groups in total. The number of fused-ring (bicyclic) bond motifs is 2. The lowest BCUT2D eigenvalue weighted by Gasteiger charge is -2.33. The molecular weight excluding hydrogens is 344 g/mol. The maximum Gasteiger partial charge on any atom is 0.227 e. The molecule has 0 bridgehead atoms. The monoisotopic (exact) mass is 368 g/mol. The van der Waals surface area contributed by atoms with Crippen molar-refractivity contribution in [3.8, 4) is 5.75 Å². The number of benzene rings is 1. The third-order valence-electron chi connectivity index (χ3n) is 5.26. The minimum Gasteiger partial charge on any atom is -0.493 e. The SMILES string of the molecule is CNC(=O)C[C@@H]1CN(C(=O)Cc2ccc3c(c2)CCCO3)Cc2ccnn21. The van der Waals surface area contributed by atoms with Gasteiger partial charge >= 0.3 is 0 Å². The molecular formula is C20H24N4O3. The van der Waals surface area contributed by atoms with Crippen molar-refractivity contribution in [1.29, 1.82) is 0 Å². The van der Waals surface area contributed by atoms with Gasteiger partial charge in [0.05, 0.1) is 37.7 Å². The van der Waals surface area contributed by atoms with E-state index in [9.17, 15) is 9.59 Å². The first-order valence-electron chi connectivity index (χ1n) is 9.39. The first kappa shape index (κ1) is 17.6. The molecule has 142 valence electrons. The van der Waals surface area contributed by atoms with Crippen LogP contribution in [0.2, 0.25) is 0 Å². The van der Waals surface area contributed by atoms with Crippen molar-refractivity contribution < 1.29 is 14.3 Å². The number of amides is 2. The molecule has 2 aliphatic heterocycles. The predicted octanol–water partition coefficient (Wildman–Crippen LogP) is 1.47. The fraction of sp³-hybridized carbons (Fsp3) is 0.450. The smallest absolute Gasteiger partial charge is 0.227 e. The van der Waals surface area contributed by atoms with Gasteiger partial charge in [0, 0.05) is 19.8 Å². The summed E-state index contributed by atoms with van der Waals surface area (Å²) in [5.74, 6) is 0.955. The number of nitrogens with one attached hydrogen (secondary N) is 1. The Bertz CT molecular complexity index is 861. The molecule has 1 aromatic carbocycles.